The molecule has 0 bridgehead atoms. The minimum atomic E-state index is -5.00. The topological polar surface area (TPSA) is 79.5 Å². The molecule has 6 nitrogen and oxygen atoms in total. The largest absolute Gasteiger partial charge is 0.573 e. The number of alkyl halides is 3. The molecule has 10 heteroatoms. The van der Waals surface area contributed by atoms with Crippen LogP contribution in [-0.2, 0) is 9.59 Å². The van der Waals surface area contributed by atoms with Crippen LogP contribution in [0, 0.1) is 5.82 Å². The zero-order valence-electron chi connectivity index (χ0n) is 14.1. The van der Waals surface area contributed by atoms with E-state index in [1.165, 1.54) is 6.07 Å². The van der Waals surface area contributed by atoms with Crippen molar-refractivity contribution in [2.75, 3.05) is 0 Å². The van der Waals surface area contributed by atoms with Gasteiger partial charge in [-0.15, -0.1) is 13.2 Å². The third-order valence-electron chi connectivity index (χ3n) is 3.84. The Morgan fingerprint density at radius 1 is 1.42 bits per heavy atom. The van der Waals surface area contributed by atoms with Crippen LogP contribution < -0.4 is 20.7 Å². The number of hydrogen-bond donors (Lipinski definition) is 3. The first-order valence-electron chi connectivity index (χ1n) is 8.00. The summed E-state index contributed by atoms with van der Waals surface area (Å²) in [5.74, 6) is -2.85. The molecule has 0 aliphatic carbocycles. The molecule has 1 saturated heterocycles. The standard InChI is InChI=1S/C16H19F4N3O3/c1-3-11(23-15(25)12-7-14(24)22-8(2)21-12)9-4-5-13(10(17)6-9)26-16(18,19)20/h4-6,8,11-12,21H,3,7H2,1-2H3,(H,22,24)(H,23,25)/t8?,11-,12?/m1/s1. The molecule has 1 heterocycles. The van der Waals surface area contributed by atoms with Crippen molar-refractivity contribution in [3.63, 3.8) is 0 Å². The van der Waals surface area contributed by atoms with E-state index in [1.54, 1.807) is 13.8 Å². The average molecular weight is 377 g/mol. The van der Waals surface area contributed by atoms with Crippen LogP contribution in [0.1, 0.15) is 38.3 Å². The molecule has 1 fully saturated rings. The van der Waals surface area contributed by atoms with Crippen LogP contribution in [0.5, 0.6) is 5.75 Å². The van der Waals surface area contributed by atoms with E-state index < -0.39 is 35.9 Å². The average Bonchev–Trinajstić information content (AvgIpc) is 2.52. The van der Waals surface area contributed by atoms with Crippen molar-refractivity contribution in [3.8, 4) is 5.75 Å². The molecular formula is C16H19F4N3O3. The van der Waals surface area contributed by atoms with Gasteiger partial charge in [-0.3, -0.25) is 14.9 Å². The van der Waals surface area contributed by atoms with Gasteiger partial charge in [0.15, 0.2) is 11.6 Å². The van der Waals surface area contributed by atoms with Gasteiger partial charge < -0.3 is 15.4 Å². The third kappa shape index (κ3) is 5.32. The van der Waals surface area contributed by atoms with E-state index in [4.69, 9.17) is 0 Å². The summed E-state index contributed by atoms with van der Waals surface area (Å²) in [6.45, 7) is 3.41. The van der Waals surface area contributed by atoms with Crippen LogP contribution in [-0.4, -0.2) is 30.4 Å². The Labute approximate surface area is 147 Å². The van der Waals surface area contributed by atoms with Gasteiger partial charge in [0.25, 0.3) is 0 Å². The lowest BCUT2D eigenvalue weighted by atomic mass is 10.0. The first kappa shape index (κ1) is 20.0. The summed E-state index contributed by atoms with van der Waals surface area (Å²) < 4.78 is 54.1. The molecule has 0 aromatic heterocycles. The van der Waals surface area contributed by atoms with E-state index in [9.17, 15) is 27.2 Å². The lowest BCUT2D eigenvalue weighted by Gasteiger charge is -2.30. The van der Waals surface area contributed by atoms with E-state index in [1.807, 2.05) is 0 Å². The SMILES string of the molecule is CC[C@@H](NC(=O)C1CC(=O)NC(C)N1)c1ccc(OC(F)(F)F)c(F)c1. The lowest BCUT2D eigenvalue weighted by molar-refractivity contribution is -0.275. The summed E-state index contributed by atoms with van der Waals surface area (Å²) in [7, 11) is 0. The van der Waals surface area contributed by atoms with Gasteiger partial charge in [0.1, 0.15) is 0 Å². The second-order valence-electron chi connectivity index (χ2n) is 5.92. The summed E-state index contributed by atoms with van der Waals surface area (Å²) in [6, 6.07) is 1.63. The van der Waals surface area contributed by atoms with Gasteiger partial charge in [-0.05, 0) is 31.0 Å². The summed E-state index contributed by atoms with van der Waals surface area (Å²) in [5.41, 5.74) is 0.293. The minimum Gasteiger partial charge on any atom is -0.403 e. The molecule has 3 atom stereocenters. The van der Waals surface area contributed by atoms with Gasteiger partial charge in [-0.1, -0.05) is 13.0 Å². The fourth-order valence-electron chi connectivity index (χ4n) is 2.69. The Hall–Kier alpha value is -2.36. The van der Waals surface area contributed by atoms with E-state index in [0.717, 1.165) is 12.1 Å². The number of nitrogens with one attached hydrogen (secondary N) is 3. The van der Waals surface area contributed by atoms with Crippen molar-refractivity contribution >= 4 is 11.8 Å². The van der Waals surface area contributed by atoms with Crippen molar-refractivity contribution in [2.45, 2.75) is 51.3 Å². The Morgan fingerprint density at radius 3 is 2.65 bits per heavy atom. The molecule has 2 rings (SSSR count). The summed E-state index contributed by atoms with van der Waals surface area (Å²) in [5, 5.41) is 8.20. The fraction of sp³-hybridized carbons (Fsp3) is 0.500. The van der Waals surface area contributed by atoms with Crippen LogP contribution in [0.3, 0.4) is 0 Å². The minimum absolute atomic E-state index is 0.0423. The molecule has 1 aliphatic heterocycles. The van der Waals surface area contributed by atoms with Crippen LogP contribution in [0.25, 0.3) is 0 Å². The number of carbonyl (C=O) groups excluding carboxylic acids is 2. The highest BCUT2D eigenvalue weighted by Gasteiger charge is 2.33. The van der Waals surface area contributed by atoms with Crippen LogP contribution in [0.2, 0.25) is 0 Å². The van der Waals surface area contributed by atoms with Crippen molar-refractivity contribution in [3.05, 3.63) is 29.6 Å². The van der Waals surface area contributed by atoms with Crippen molar-refractivity contribution in [1.29, 1.82) is 0 Å². The van der Waals surface area contributed by atoms with Gasteiger partial charge >= 0.3 is 6.36 Å². The molecule has 0 spiro atoms. The Kier molecular flexibility index (Phi) is 6.06. The van der Waals surface area contributed by atoms with Crippen molar-refractivity contribution in [1.82, 2.24) is 16.0 Å². The highest BCUT2D eigenvalue weighted by Crippen LogP contribution is 2.28. The Morgan fingerprint density at radius 2 is 2.12 bits per heavy atom. The van der Waals surface area contributed by atoms with E-state index in [2.05, 4.69) is 20.7 Å². The molecule has 3 N–H and O–H groups in total. The molecule has 2 unspecified atom stereocenters. The zero-order valence-corrected chi connectivity index (χ0v) is 14.1. The maximum atomic E-state index is 13.9. The van der Waals surface area contributed by atoms with Crippen molar-refractivity contribution < 1.29 is 31.9 Å². The Bertz CT molecular complexity index is 681. The van der Waals surface area contributed by atoms with E-state index in [0.29, 0.717) is 12.0 Å². The van der Waals surface area contributed by atoms with E-state index in [-0.39, 0.29) is 18.5 Å². The smallest absolute Gasteiger partial charge is 0.403 e. The summed E-state index contributed by atoms with van der Waals surface area (Å²) in [4.78, 5) is 23.9. The van der Waals surface area contributed by atoms with Crippen molar-refractivity contribution in [2.24, 2.45) is 0 Å². The molecule has 1 aromatic rings. The summed E-state index contributed by atoms with van der Waals surface area (Å²) in [6.07, 6.45) is -5.04. The van der Waals surface area contributed by atoms with Gasteiger partial charge in [0, 0.05) is 0 Å². The van der Waals surface area contributed by atoms with Crippen LogP contribution in [0.4, 0.5) is 17.6 Å². The molecule has 1 aromatic carbocycles. The predicted molar refractivity (Wildman–Crippen MR) is 83.4 cm³/mol. The molecule has 26 heavy (non-hydrogen) atoms. The first-order valence-corrected chi connectivity index (χ1v) is 8.00. The molecule has 1 aliphatic rings. The third-order valence-corrected chi connectivity index (χ3v) is 3.84. The molecule has 0 saturated carbocycles. The number of rotatable bonds is 5. The van der Waals surface area contributed by atoms with Crippen LogP contribution >= 0.6 is 0 Å². The Balaban J connectivity index is 2.09. The highest BCUT2D eigenvalue weighted by atomic mass is 19.4. The number of carbonyl (C=O) groups is 2. The maximum absolute atomic E-state index is 13.9. The monoisotopic (exact) mass is 377 g/mol. The van der Waals surface area contributed by atoms with Gasteiger partial charge in [0.05, 0.1) is 24.7 Å². The maximum Gasteiger partial charge on any atom is 0.573 e. The predicted octanol–water partition coefficient (Wildman–Crippen LogP) is 2.12. The number of ether oxygens (including phenoxy) is 1. The normalized spacial score (nSPS) is 21.7. The van der Waals surface area contributed by atoms with Gasteiger partial charge in [0.2, 0.25) is 11.8 Å². The number of amides is 2. The molecular weight excluding hydrogens is 358 g/mol. The van der Waals surface area contributed by atoms with Gasteiger partial charge in [-0.25, -0.2) is 4.39 Å². The molecule has 2 amide bonds. The second-order valence-corrected chi connectivity index (χ2v) is 5.92. The zero-order chi connectivity index (χ0) is 19.5. The number of hydrogen-bond acceptors (Lipinski definition) is 4. The van der Waals surface area contributed by atoms with Crippen LogP contribution in [0.15, 0.2) is 18.2 Å². The number of halogens is 4. The quantitative estimate of drug-likeness (QED) is 0.687. The van der Waals surface area contributed by atoms with E-state index >= 15 is 0 Å². The number of benzene rings is 1. The first-order chi connectivity index (χ1) is 12.1. The lowest BCUT2D eigenvalue weighted by Crippen LogP contribution is -2.59. The second kappa shape index (κ2) is 7.90. The fourth-order valence-corrected chi connectivity index (χ4v) is 2.69. The molecule has 0 radical (unpaired) electrons. The molecule has 144 valence electrons. The van der Waals surface area contributed by atoms with Gasteiger partial charge in [-0.2, -0.15) is 0 Å². The highest BCUT2D eigenvalue weighted by molar-refractivity contribution is 5.89. The summed E-state index contributed by atoms with van der Waals surface area (Å²) >= 11 is 0.